The van der Waals surface area contributed by atoms with E-state index in [-0.39, 0.29) is 5.92 Å². The Balaban J connectivity index is 2.13. The van der Waals surface area contributed by atoms with Crippen LogP contribution in [0, 0.1) is 6.92 Å². The van der Waals surface area contributed by atoms with Gasteiger partial charge in [-0.15, -0.1) is 0 Å². The molecule has 6 heteroatoms. The highest BCUT2D eigenvalue weighted by molar-refractivity contribution is 6.32. The highest BCUT2D eigenvalue weighted by Crippen LogP contribution is 2.35. The number of halogens is 2. The van der Waals surface area contributed by atoms with E-state index in [0.717, 1.165) is 33.2 Å². The van der Waals surface area contributed by atoms with E-state index in [1.165, 1.54) is 0 Å². The number of hydrogen-bond donors (Lipinski definition) is 0. The second-order valence-electron chi connectivity index (χ2n) is 5.38. The smallest absolute Gasteiger partial charge is 0.154 e. The van der Waals surface area contributed by atoms with Gasteiger partial charge in [0.15, 0.2) is 5.15 Å². The Morgan fingerprint density at radius 1 is 1.26 bits per heavy atom. The largest absolute Gasteiger partial charge is 0.494 e. The number of rotatable bonds is 4. The van der Waals surface area contributed by atoms with Crippen molar-refractivity contribution in [2.75, 3.05) is 6.61 Å². The van der Waals surface area contributed by atoms with Crippen LogP contribution in [0.25, 0.3) is 5.52 Å². The number of ether oxygens (including phenoxy) is 1. The number of fused-ring (bicyclic) bond motifs is 1. The Hall–Kier alpha value is -1.78. The Labute approximate surface area is 145 Å². The molecule has 0 aliphatic rings. The molecule has 0 radical (unpaired) electrons. The van der Waals surface area contributed by atoms with Crippen LogP contribution in [0.5, 0.6) is 5.75 Å². The van der Waals surface area contributed by atoms with E-state index >= 15 is 0 Å². The van der Waals surface area contributed by atoms with E-state index in [9.17, 15) is 0 Å². The minimum atomic E-state index is -0.00406. The molecule has 0 fully saturated rings. The van der Waals surface area contributed by atoms with Crippen molar-refractivity contribution >= 4 is 28.7 Å². The molecule has 0 saturated carbocycles. The number of nitrogens with zero attached hydrogens (tertiary/aromatic N) is 3. The Morgan fingerprint density at radius 2 is 2.04 bits per heavy atom. The molecule has 0 amide bonds. The molecule has 3 rings (SSSR count). The third kappa shape index (κ3) is 2.89. The maximum Gasteiger partial charge on any atom is 0.154 e. The second kappa shape index (κ2) is 6.38. The molecule has 0 aliphatic carbocycles. The first kappa shape index (κ1) is 16.1. The normalized spacial score (nSPS) is 12.6. The monoisotopic (exact) mass is 349 g/mol. The van der Waals surface area contributed by atoms with Crippen LogP contribution in [0.4, 0.5) is 0 Å². The molecule has 3 aromatic rings. The summed E-state index contributed by atoms with van der Waals surface area (Å²) in [6.45, 7) is 6.61. The van der Waals surface area contributed by atoms with Crippen molar-refractivity contribution in [2.45, 2.75) is 26.7 Å². The Morgan fingerprint density at radius 3 is 2.78 bits per heavy atom. The number of aryl methyl sites for hydroxylation is 1. The van der Waals surface area contributed by atoms with E-state index < -0.39 is 0 Å². The van der Waals surface area contributed by atoms with Crippen LogP contribution in [0.1, 0.15) is 36.7 Å². The van der Waals surface area contributed by atoms with Crippen LogP contribution < -0.4 is 4.74 Å². The quantitative estimate of drug-likeness (QED) is 0.672. The lowest BCUT2D eigenvalue weighted by Gasteiger charge is -2.17. The fraction of sp³-hybridized carbons (Fsp3) is 0.294. The molecule has 120 valence electrons. The molecule has 0 spiro atoms. The van der Waals surface area contributed by atoms with Gasteiger partial charge in [0.1, 0.15) is 17.1 Å². The fourth-order valence-corrected chi connectivity index (χ4v) is 3.03. The molecule has 0 aliphatic heterocycles. The SMILES string of the molecule is CCOc1cc(C)c(Cl)cc1C(C)c1ncc2c(Cl)nccn12. The van der Waals surface area contributed by atoms with Crippen LogP contribution in [0.3, 0.4) is 0 Å². The van der Waals surface area contributed by atoms with Gasteiger partial charge in [0.2, 0.25) is 0 Å². The first-order valence-electron chi connectivity index (χ1n) is 7.43. The molecule has 1 aromatic carbocycles. The fourth-order valence-electron chi connectivity index (χ4n) is 2.66. The highest BCUT2D eigenvalue weighted by atomic mass is 35.5. The zero-order valence-electron chi connectivity index (χ0n) is 13.2. The molecule has 2 heterocycles. The minimum absolute atomic E-state index is 0.00406. The van der Waals surface area contributed by atoms with Crippen molar-refractivity contribution in [1.29, 1.82) is 0 Å². The Kier molecular flexibility index (Phi) is 4.46. The second-order valence-corrected chi connectivity index (χ2v) is 6.15. The molecule has 23 heavy (non-hydrogen) atoms. The summed E-state index contributed by atoms with van der Waals surface area (Å²) in [6, 6.07) is 3.93. The summed E-state index contributed by atoms with van der Waals surface area (Å²) >= 11 is 12.5. The number of aromatic nitrogens is 3. The molecular weight excluding hydrogens is 333 g/mol. The van der Waals surface area contributed by atoms with E-state index in [1.807, 2.05) is 36.6 Å². The lowest BCUT2D eigenvalue weighted by molar-refractivity contribution is 0.335. The topological polar surface area (TPSA) is 39.4 Å². The average Bonchev–Trinajstić information content (AvgIpc) is 2.96. The van der Waals surface area contributed by atoms with Gasteiger partial charge in [-0.05, 0) is 31.5 Å². The van der Waals surface area contributed by atoms with Gasteiger partial charge >= 0.3 is 0 Å². The van der Waals surface area contributed by atoms with Crippen molar-refractivity contribution in [3.05, 3.63) is 57.9 Å². The molecule has 4 nitrogen and oxygen atoms in total. The van der Waals surface area contributed by atoms with Gasteiger partial charge in [0.05, 0.1) is 12.8 Å². The van der Waals surface area contributed by atoms with Crippen molar-refractivity contribution in [3.63, 3.8) is 0 Å². The minimum Gasteiger partial charge on any atom is -0.494 e. The predicted molar refractivity (Wildman–Crippen MR) is 92.9 cm³/mol. The zero-order valence-corrected chi connectivity index (χ0v) is 14.7. The lowest BCUT2D eigenvalue weighted by Crippen LogP contribution is -2.06. The van der Waals surface area contributed by atoms with Crippen molar-refractivity contribution in [3.8, 4) is 5.75 Å². The van der Waals surface area contributed by atoms with Gasteiger partial charge in [-0.2, -0.15) is 0 Å². The van der Waals surface area contributed by atoms with E-state index in [1.54, 1.807) is 12.4 Å². The molecule has 0 bridgehead atoms. The number of imidazole rings is 1. The lowest BCUT2D eigenvalue weighted by atomic mass is 9.98. The Bertz CT molecular complexity index is 860. The molecule has 1 unspecified atom stereocenters. The van der Waals surface area contributed by atoms with Crippen molar-refractivity contribution in [1.82, 2.24) is 14.4 Å². The summed E-state index contributed by atoms with van der Waals surface area (Å²) in [6.07, 6.45) is 5.26. The number of hydrogen-bond acceptors (Lipinski definition) is 3. The first-order valence-corrected chi connectivity index (χ1v) is 8.18. The van der Waals surface area contributed by atoms with Crippen molar-refractivity contribution < 1.29 is 4.74 Å². The highest BCUT2D eigenvalue weighted by Gasteiger charge is 2.20. The third-order valence-corrected chi connectivity index (χ3v) is 4.58. The van der Waals surface area contributed by atoms with Gasteiger partial charge < -0.3 is 4.74 Å². The maximum atomic E-state index is 6.32. The summed E-state index contributed by atoms with van der Waals surface area (Å²) in [7, 11) is 0. The maximum absolute atomic E-state index is 6.32. The zero-order chi connectivity index (χ0) is 16.6. The summed E-state index contributed by atoms with van der Waals surface area (Å²) < 4.78 is 7.74. The van der Waals surface area contributed by atoms with Gasteiger partial charge in [-0.1, -0.05) is 30.1 Å². The van der Waals surface area contributed by atoms with Crippen LogP contribution in [0.2, 0.25) is 10.2 Å². The van der Waals surface area contributed by atoms with Crippen LogP contribution in [0.15, 0.2) is 30.7 Å². The summed E-state index contributed by atoms with van der Waals surface area (Å²) in [5, 5.41) is 1.15. The predicted octanol–water partition coefficient (Wildman–Crippen LogP) is 4.90. The number of benzene rings is 1. The van der Waals surface area contributed by atoms with Gasteiger partial charge in [0, 0.05) is 28.9 Å². The summed E-state index contributed by atoms with van der Waals surface area (Å²) in [4.78, 5) is 8.61. The molecule has 0 saturated heterocycles. The standard InChI is InChI=1S/C17H17Cl2N3O/c1-4-23-15-7-10(2)13(18)8-12(15)11(3)17-21-9-14-16(19)20-5-6-22(14)17/h5-9,11H,4H2,1-3H3. The first-order chi connectivity index (χ1) is 11.0. The molecule has 0 N–H and O–H groups in total. The molecule has 2 aromatic heterocycles. The van der Waals surface area contributed by atoms with E-state index in [0.29, 0.717) is 11.8 Å². The summed E-state index contributed by atoms with van der Waals surface area (Å²) in [5.41, 5.74) is 2.78. The van der Waals surface area contributed by atoms with E-state index in [2.05, 4.69) is 16.9 Å². The molecule has 1 atom stereocenters. The van der Waals surface area contributed by atoms with Crippen LogP contribution >= 0.6 is 23.2 Å². The third-order valence-electron chi connectivity index (χ3n) is 3.89. The van der Waals surface area contributed by atoms with Crippen molar-refractivity contribution in [2.24, 2.45) is 0 Å². The van der Waals surface area contributed by atoms with Gasteiger partial charge in [-0.3, -0.25) is 4.40 Å². The van der Waals surface area contributed by atoms with Crippen LogP contribution in [-0.2, 0) is 0 Å². The van der Waals surface area contributed by atoms with Gasteiger partial charge in [0.25, 0.3) is 0 Å². The van der Waals surface area contributed by atoms with E-state index in [4.69, 9.17) is 27.9 Å². The average molecular weight is 350 g/mol. The van der Waals surface area contributed by atoms with Crippen LogP contribution in [-0.4, -0.2) is 21.0 Å². The van der Waals surface area contributed by atoms with Gasteiger partial charge in [-0.25, -0.2) is 9.97 Å². The summed E-state index contributed by atoms with van der Waals surface area (Å²) in [5.74, 6) is 1.69. The molecular formula is C17H17Cl2N3O.